The van der Waals surface area contributed by atoms with Crippen LogP contribution in [0.3, 0.4) is 0 Å². The van der Waals surface area contributed by atoms with Crippen LogP contribution in [-0.4, -0.2) is 37.3 Å². The number of halogens is 1. The molecule has 4 heteroatoms. The van der Waals surface area contributed by atoms with Gasteiger partial charge in [0, 0.05) is 24.7 Å². The molecule has 84 valence electrons. The van der Waals surface area contributed by atoms with Crippen molar-refractivity contribution in [2.45, 2.75) is 6.54 Å². The molecule has 0 heterocycles. The maximum Gasteiger partial charge on any atom is 0.131 e. The average molecular weight is 213 g/mol. The Morgan fingerprint density at radius 1 is 1.47 bits per heavy atom. The van der Waals surface area contributed by atoms with Crippen LogP contribution in [0.1, 0.15) is 5.56 Å². The lowest BCUT2D eigenvalue weighted by atomic mass is 10.2. The smallest absolute Gasteiger partial charge is 0.131 e. The van der Waals surface area contributed by atoms with Gasteiger partial charge in [0.25, 0.3) is 0 Å². The second-order valence-corrected chi connectivity index (χ2v) is 3.42. The predicted octanol–water partition coefficient (Wildman–Crippen LogP) is 1.26. The molecule has 1 rings (SSSR count). The van der Waals surface area contributed by atoms with Crippen LogP contribution in [0.25, 0.3) is 0 Å². The van der Waals surface area contributed by atoms with Crippen LogP contribution in [0.5, 0.6) is 5.75 Å². The summed E-state index contributed by atoms with van der Waals surface area (Å²) in [6.07, 6.45) is 0. The first-order chi connectivity index (χ1) is 7.17. The van der Waals surface area contributed by atoms with E-state index in [1.54, 1.807) is 12.1 Å². The quantitative estimate of drug-likeness (QED) is 0.799. The maximum absolute atomic E-state index is 13.5. The molecule has 0 unspecified atom stereocenters. The summed E-state index contributed by atoms with van der Waals surface area (Å²) in [4.78, 5) is 1.85. The molecule has 0 aliphatic carbocycles. The fraction of sp³-hybridized carbons (Fsp3) is 0.455. The number of likely N-dealkylation sites (N-methyl/N-ethyl adjacent to an activating group) is 1. The van der Waals surface area contributed by atoms with Crippen molar-refractivity contribution < 1.29 is 14.2 Å². The van der Waals surface area contributed by atoms with Gasteiger partial charge in [-0.15, -0.1) is 0 Å². The van der Waals surface area contributed by atoms with E-state index in [0.29, 0.717) is 24.4 Å². The molecule has 0 bridgehead atoms. The van der Waals surface area contributed by atoms with Gasteiger partial charge in [0.05, 0.1) is 13.7 Å². The Morgan fingerprint density at radius 3 is 2.73 bits per heavy atom. The van der Waals surface area contributed by atoms with Gasteiger partial charge < -0.3 is 9.84 Å². The molecule has 0 aromatic heterocycles. The van der Waals surface area contributed by atoms with Crippen LogP contribution in [-0.2, 0) is 6.54 Å². The monoisotopic (exact) mass is 213 g/mol. The maximum atomic E-state index is 13.5. The third-order valence-electron chi connectivity index (χ3n) is 2.18. The van der Waals surface area contributed by atoms with E-state index in [0.717, 1.165) is 0 Å². The molecule has 1 N–H and O–H groups in total. The number of hydrogen-bond donors (Lipinski definition) is 1. The first-order valence-electron chi connectivity index (χ1n) is 4.79. The molecule has 15 heavy (non-hydrogen) atoms. The highest BCUT2D eigenvalue weighted by Crippen LogP contribution is 2.17. The zero-order chi connectivity index (χ0) is 11.3. The lowest BCUT2D eigenvalue weighted by molar-refractivity contribution is 0.216. The molecule has 0 amide bonds. The standard InChI is InChI=1S/C11H16FNO2/c1-13(5-6-14)8-9-3-4-10(15-2)7-11(9)12/h3-4,7,14H,5-6,8H2,1-2H3. The van der Waals surface area contributed by atoms with Crippen molar-refractivity contribution in [2.75, 3.05) is 27.3 Å². The van der Waals surface area contributed by atoms with Gasteiger partial charge in [0.15, 0.2) is 0 Å². The van der Waals surface area contributed by atoms with Gasteiger partial charge >= 0.3 is 0 Å². The summed E-state index contributed by atoms with van der Waals surface area (Å²) >= 11 is 0. The number of ether oxygens (including phenoxy) is 1. The zero-order valence-electron chi connectivity index (χ0n) is 9.03. The third-order valence-corrected chi connectivity index (χ3v) is 2.18. The van der Waals surface area contributed by atoms with Gasteiger partial charge in [-0.1, -0.05) is 6.07 Å². The van der Waals surface area contributed by atoms with Crippen molar-refractivity contribution in [3.8, 4) is 5.75 Å². The largest absolute Gasteiger partial charge is 0.497 e. The van der Waals surface area contributed by atoms with E-state index in [9.17, 15) is 4.39 Å². The van der Waals surface area contributed by atoms with E-state index in [1.165, 1.54) is 13.2 Å². The number of aliphatic hydroxyl groups is 1. The summed E-state index contributed by atoms with van der Waals surface area (Å²) in [6.45, 7) is 1.09. The van der Waals surface area contributed by atoms with E-state index in [2.05, 4.69) is 0 Å². The molecule has 0 radical (unpaired) electrons. The molecule has 0 aliphatic rings. The SMILES string of the molecule is COc1ccc(CN(C)CCO)c(F)c1. The number of benzene rings is 1. The molecule has 0 saturated carbocycles. The van der Waals surface area contributed by atoms with Crippen molar-refractivity contribution in [3.05, 3.63) is 29.6 Å². The molecule has 0 fully saturated rings. The van der Waals surface area contributed by atoms with Crippen LogP contribution < -0.4 is 4.74 Å². The fourth-order valence-electron chi connectivity index (χ4n) is 1.32. The van der Waals surface area contributed by atoms with Crippen LogP contribution in [0.15, 0.2) is 18.2 Å². The summed E-state index contributed by atoms with van der Waals surface area (Å²) in [7, 11) is 3.34. The van der Waals surface area contributed by atoms with Crippen LogP contribution in [0.4, 0.5) is 4.39 Å². The number of methoxy groups -OCH3 is 1. The molecule has 0 saturated heterocycles. The molecule has 3 nitrogen and oxygen atoms in total. The van der Waals surface area contributed by atoms with Gasteiger partial charge in [-0.3, -0.25) is 4.90 Å². The molecular formula is C11H16FNO2. The highest BCUT2D eigenvalue weighted by Gasteiger charge is 2.06. The van der Waals surface area contributed by atoms with Crippen LogP contribution >= 0.6 is 0 Å². The normalized spacial score (nSPS) is 10.7. The summed E-state index contributed by atoms with van der Waals surface area (Å²) in [5.74, 6) is 0.236. The van der Waals surface area contributed by atoms with E-state index >= 15 is 0 Å². The Balaban J connectivity index is 2.69. The van der Waals surface area contributed by atoms with Crippen LogP contribution in [0, 0.1) is 5.82 Å². The van der Waals surface area contributed by atoms with E-state index in [1.807, 2.05) is 11.9 Å². The summed E-state index contributed by atoms with van der Waals surface area (Å²) in [5, 5.41) is 8.71. The van der Waals surface area contributed by atoms with Crippen molar-refractivity contribution in [3.63, 3.8) is 0 Å². The third kappa shape index (κ3) is 3.49. The first kappa shape index (κ1) is 11.9. The lowest BCUT2D eigenvalue weighted by Crippen LogP contribution is -2.22. The van der Waals surface area contributed by atoms with Crippen molar-refractivity contribution >= 4 is 0 Å². The van der Waals surface area contributed by atoms with Gasteiger partial charge in [0.1, 0.15) is 11.6 Å². The Kier molecular flexibility index (Phi) is 4.52. The van der Waals surface area contributed by atoms with E-state index in [4.69, 9.17) is 9.84 Å². The molecule has 0 aliphatic heterocycles. The second kappa shape index (κ2) is 5.68. The molecular weight excluding hydrogens is 197 g/mol. The Labute approximate surface area is 89.1 Å². The molecule has 0 atom stereocenters. The Bertz CT molecular complexity index is 317. The highest BCUT2D eigenvalue weighted by atomic mass is 19.1. The van der Waals surface area contributed by atoms with Gasteiger partial charge in [0.2, 0.25) is 0 Å². The minimum absolute atomic E-state index is 0.0777. The minimum atomic E-state index is -0.279. The fourth-order valence-corrected chi connectivity index (χ4v) is 1.32. The van der Waals surface area contributed by atoms with Gasteiger partial charge in [-0.2, -0.15) is 0 Å². The highest BCUT2D eigenvalue weighted by molar-refractivity contribution is 5.28. The van der Waals surface area contributed by atoms with E-state index < -0.39 is 0 Å². The summed E-state index contributed by atoms with van der Waals surface area (Å²) in [5.41, 5.74) is 0.603. The molecule has 1 aromatic carbocycles. The minimum Gasteiger partial charge on any atom is -0.497 e. The number of nitrogens with zero attached hydrogens (tertiary/aromatic N) is 1. The van der Waals surface area contributed by atoms with Gasteiger partial charge in [-0.25, -0.2) is 4.39 Å². The summed E-state index contributed by atoms with van der Waals surface area (Å²) in [6, 6.07) is 4.79. The first-order valence-corrected chi connectivity index (χ1v) is 4.79. The van der Waals surface area contributed by atoms with Gasteiger partial charge in [-0.05, 0) is 13.1 Å². The van der Waals surface area contributed by atoms with Crippen molar-refractivity contribution in [1.82, 2.24) is 4.90 Å². The van der Waals surface area contributed by atoms with Crippen molar-refractivity contribution in [2.24, 2.45) is 0 Å². The zero-order valence-corrected chi connectivity index (χ0v) is 9.03. The van der Waals surface area contributed by atoms with E-state index in [-0.39, 0.29) is 12.4 Å². The topological polar surface area (TPSA) is 32.7 Å². The second-order valence-electron chi connectivity index (χ2n) is 3.42. The number of rotatable bonds is 5. The Morgan fingerprint density at radius 2 is 2.20 bits per heavy atom. The van der Waals surface area contributed by atoms with Crippen molar-refractivity contribution in [1.29, 1.82) is 0 Å². The predicted molar refractivity (Wildman–Crippen MR) is 56.4 cm³/mol. The average Bonchev–Trinajstić information content (AvgIpc) is 2.21. The summed E-state index contributed by atoms with van der Waals surface area (Å²) < 4.78 is 18.4. The lowest BCUT2D eigenvalue weighted by Gasteiger charge is -2.15. The molecule has 0 spiro atoms. The van der Waals surface area contributed by atoms with Crippen LogP contribution in [0.2, 0.25) is 0 Å². The number of aliphatic hydroxyl groups excluding tert-OH is 1. The Hall–Kier alpha value is -1.13. The number of hydrogen-bond acceptors (Lipinski definition) is 3. The molecule has 1 aromatic rings.